The molecule has 0 aliphatic carbocycles. The van der Waals surface area contributed by atoms with E-state index in [-0.39, 0.29) is 24.9 Å². The number of nitrogens with zero attached hydrogens (tertiary/aromatic N) is 2. The molecule has 0 heterocycles. The Hall–Kier alpha value is -3.02. The minimum atomic E-state index is -0.956. The van der Waals surface area contributed by atoms with Gasteiger partial charge in [0.25, 0.3) is 0 Å². The van der Waals surface area contributed by atoms with Gasteiger partial charge in [0.2, 0.25) is 29.5 Å². The average molecular weight is 499 g/mol. The standard InChI is InChI=1S/C23H42N6O6/c1-14(2)8-17(13-30)27-20(32)12-28(6)23(35)16(5)26-19(31)11-25-22(34)18(9-15(3)4)29(7)21(33)10-24/h13-18H,8-12,24H2,1-7H3,(H,25,34)(H,26,31)(H,27,32). The summed E-state index contributed by atoms with van der Waals surface area (Å²) < 4.78 is 0. The quantitative estimate of drug-likeness (QED) is 0.202. The van der Waals surface area contributed by atoms with Crippen molar-refractivity contribution in [3.8, 4) is 0 Å². The van der Waals surface area contributed by atoms with Gasteiger partial charge in [-0.3, -0.25) is 24.0 Å². The number of carbonyl (C=O) groups excluding carboxylic acids is 6. The van der Waals surface area contributed by atoms with Gasteiger partial charge in [-0.15, -0.1) is 0 Å². The molecule has 12 heteroatoms. The average Bonchev–Trinajstić information content (AvgIpc) is 2.78. The topological polar surface area (TPSA) is 171 Å². The number of hydrogen-bond acceptors (Lipinski definition) is 7. The molecule has 5 amide bonds. The maximum atomic E-state index is 12.6. The third-order valence-electron chi connectivity index (χ3n) is 5.20. The van der Waals surface area contributed by atoms with Crippen molar-refractivity contribution in [2.24, 2.45) is 17.6 Å². The van der Waals surface area contributed by atoms with Crippen LogP contribution in [-0.4, -0.2) is 97.5 Å². The van der Waals surface area contributed by atoms with E-state index in [0.29, 0.717) is 19.1 Å². The van der Waals surface area contributed by atoms with Crippen molar-refractivity contribution < 1.29 is 28.8 Å². The summed E-state index contributed by atoms with van der Waals surface area (Å²) in [6.07, 6.45) is 1.53. The Labute approximate surface area is 207 Å². The normalized spacial score (nSPS) is 13.4. The summed E-state index contributed by atoms with van der Waals surface area (Å²) in [4.78, 5) is 75.0. The molecule has 3 unspecified atom stereocenters. The SMILES string of the molecule is CC(C)CC(C=O)NC(=O)CN(C)C(=O)C(C)NC(=O)CNC(=O)C(CC(C)C)N(C)C(=O)CN. The molecule has 0 bridgehead atoms. The number of likely N-dealkylation sites (N-methyl/N-ethyl adjacent to an activating group) is 2. The van der Waals surface area contributed by atoms with Crippen molar-refractivity contribution in [1.29, 1.82) is 0 Å². The highest BCUT2D eigenvalue weighted by Gasteiger charge is 2.28. The van der Waals surface area contributed by atoms with E-state index >= 15 is 0 Å². The smallest absolute Gasteiger partial charge is 0.245 e. The van der Waals surface area contributed by atoms with Crippen LogP contribution in [0.25, 0.3) is 0 Å². The summed E-state index contributed by atoms with van der Waals surface area (Å²) in [5.41, 5.74) is 5.39. The minimum absolute atomic E-state index is 0.116. The van der Waals surface area contributed by atoms with Crippen LogP contribution in [0.4, 0.5) is 0 Å². The Morgan fingerprint density at radius 3 is 1.94 bits per heavy atom. The van der Waals surface area contributed by atoms with Crippen LogP contribution in [-0.2, 0) is 28.8 Å². The van der Waals surface area contributed by atoms with Gasteiger partial charge in [0.05, 0.1) is 25.7 Å². The Morgan fingerprint density at radius 1 is 0.886 bits per heavy atom. The number of amides is 5. The maximum Gasteiger partial charge on any atom is 0.245 e. The molecule has 0 spiro atoms. The molecule has 0 saturated heterocycles. The van der Waals surface area contributed by atoms with Crippen LogP contribution in [0, 0.1) is 11.8 Å². The Balaban J connectivity index is 4.80. The fourth-order valence-electron chi connectivity index (χ4n) is 3.38. The monoisotopic (exact) mass is 498 g/mol. The van der Waals surface area contributed by atoms with E-state index in [1.165, 1.54) is 25.9 Å². The summed E-state index contributed by atoms with van der Waals surface area (Å²) in [5, 5.41) is 7.54. The second-order valence-electron chi connectivity index (χ2n) is 9.50. The van der Waals surface area contributed by atoms with Gasteiger partial charge in [-0.05, 0) is 31.6 Å². The van der Waals surface area contributed by atoms with Gasteiger partial charge >= 0.3 is 0 Å². The first-order valence-corrected chi connectivity index (χ1v) is 11.8. The summed E-state index contributed by atoms with van der Waals surface area (Å²) in [6, 6.07) is -2.37. The fourth-order valence-corrected chi connectivity index (χ4v) is 3.38. The zero-order valence-corrected chi connectivity index (χ0v) is 21.9. The summed E-state index contributed by atoms with van der Waals surface area (Å²) in [7, 11) is 2.89. The molecule has 200 valence electrons. The van der Waals surface area contributed by atoms with E-state index in [9.17, 15) is 28.8 Å². The summed E-state index contributed by atoms with van der Waals surface area (Å²) in [5.74, 6) is -2.18. The van der Waals surface area contributed by atoms with E-state index in [1.807, 2.05) is 27.7 Å². The molecule has 0 fully saturated rings. The van der Waals surface area contributed by atoms with E-state index < -0.39 is 54.2 Å². The molecule has 0 aromatic heterocycles. The second-order valence-corrected chi connectivity index (χ2v) is 9.50. The number of hydrogen-bond donors (Lipinski definition) is 4. The van der Waals surface area contributed by atoms with Crippen LogP contribution in [0.15, 0.2) is 0 Å². The van der Waals surface area contributed by atoms with E-state index in [4.69, 9.17) is 5.73 Å². The lowest BCUT2D eigenvalue weighted by molar-refractivity contribution is -0.139. The predicted octanol–water partition coefficient (Wildman–Crippen LogP) is -1.37. The molecule has 0 saturated carbocycles. The Bertz CT molecular complexity index is 757. The molecule has 0 radical (unpaired) electrons. The van der Waals surface area contributed by atoms with E-state index in [1.54, 1.807) is 0 Å². The van der Waals surface area contributed by atoms with Crippen LogP contribution in [0.5, 0.6) is 0 Å². The molecule has 35 heavy (non-hydrogen) atoms. The van der Waals surface area contributed by atoms with Gasteiger partial charge < -0.3 is 36.3 Å². The summed E-state index contributed by atoms with van der Waals surface area (Å²) >= 11 is 0. The zero-order chi connectivity index (χ0) is 27.3. The maximum absolute atomic E-state index is 12.6. The molecule has 0 aliphatic rings. The van der Waals surface area contributed by atoms with Gasteiger partial charge in [0.15, 0.2) is 0 Å². The van der Waals surface area contributed by atoms with Gasteiger partial charge in [0.1, 0.15) is 18.4 Å². The fraction of sp³-hybridized carbons (Fsp3) is 0.739. The molecule has 0 aromatic carbocycles. The summed E-state index contributed by atoms with van der Waals surface area (Å²) in [6.45, 7) is 8.20. The number of rotatable bonds is 15. The Kier molecular flexibility index (Phi) is 14.4. The van der Waals surface area contributed by atoms with Crippen molar-refractivity contribution in [3.63, 3.8) is 0 Å². The largest absolute Gasteiger partial charge is 0.345 e. The molecular weight excluding hydrogens is 456 g/mol. The molecule has 0 aromatic rings. The van der Waals surface area contributed by atoms with Gasteiger partial charge in [0, 0.05) is 14.1 Å². The predicted molar refractivity (Wildman–Crippen MR) is 131 cm³/mol. The van der Waals surface area contributed by atoms with Crippen LogP contribution in [0.3, 0.4) is 0 Å². The molecular formula is C23H42N6O6. The third kappa shape index (κ3) is 12.3. The number of nitrogens with one attached hydrogen (secondary N) is 3. The highest BCUT2D eigenvalue weighted by atomic mass is 16.2. The van der Waals surface area contributed by atoms with Crippen LogP contribution >= 0.6 is 0 Å². The second kappa shape index (κ2) is 15.8. The van der Waals surface area contributed by atoms with Gasteiger partial charge in [-0.1, -0.05) is 27.7 Å². The van der Waals surface area contributed by atoms with Crippen molar-refractivity contribution in [3.05, 3.63) is 0 Å². The lowest BCUT2D eigenvalue weighted by Crippen LogP contribution is -2.53. The van der Waals surface area contributed by atoms with E-state index in [0.717, 1.165) is 4.90 Å². The van der Waals surface area contributed by atoms with Crippen molar-refractivity contribution in [2.75, 3.05) is 33.7 Å². The third-order valence-corrected chi connectivity index (χ3v) is 5.20. The van der Waals surface area contributed by atoms with Crippen molar-refractivity contribution >= 4 is 35.8 Å². The van der Waals surface area contributed by atoms with Crippen LogP contribution in [0.1, 0.15) is 47.5 Å². The van der Waals surface area contributed by atoms with Crippen LogP contribution < -0.4 is 21.7 Å². The van der Waals surface area contributed by atoms with E-state index in [2.05, 4.69) is 16.0 Å². The first kappa shape index (κ1) is 32.0. The molecule has 5 N–H and O–H groups in total. The molecule has 0 aliphatic heterocycles. The minimum Gasteiger partial charge on any atom is -0.345 e. The molecule has 12 nitrogen and oxygen atoms in total. The van der Waals surface area contributed by atoms with Gasteiger partial charge in [-0.25, -0.2) is 0 Å². The lowest BCUT2D eigenvalue weighted by atomic mass is 10.0. The first-order chi connectivity index (χ1) is 16.2. The highest BCUT2D eigenvalue weighted by molar-refractivity contribution is 5.93. The number of nitrogens with two attached hydrogens (primary N) is 1. The van der Waals surface area contributed by atoms with Crippen molar-refractivity contribution in [2.45, 2.75) is 65.6 Å². The Morgan fingerprint density at radius 2 is 1.46 bits per heavy atom. The van der Waals surface area contributed by atoms with Crippen molar-refractivity contribution in [1.82, 2.24) is 25.8 Å². The molecule has 3 atom stereocenters. The zero-order valence-electron chi connectivity index (χ0n) is 21.9. The first-order valence-electron chi connectivity index (χ1n) is 11.8. The highest BCUT2D eigenvalue weighted by Crippen LogP contribution is 2.11. The lowest BCUT2D eigenvalue weighted by Gasteiger charge is -2.28. The number of carbonyl (C=O) groups is 6. The van der Waals surface area contributed by atoms with Crippen LogP contribution in [0.2, 0.25) is 0 Å². The van der Waals surface area contributed by atoms with Gasteiger partial charge in [-0.2, -0.15) is 0 Å². The number of aldehydes is 1. The molecule has 0 rings (SSSR count).